The molecule has 2 heterocycles. The van der Waals surface area contributed by atoms with Crippen molar-refractivity contribution in [2.24, 2.45) is 0 Å². The number of rotatable bonds is 7. The van der Waals surface area contributed by atoms with Gasteiger partial charge in [0.05, 0.1) is 9.60 Å². The quantitative estimate of drug-likeness (QED) is 0.431. The van der Waals surface area contributed by atoms with Gasteiger partial charge in [0.1, 0.15) is 5.75 Å². The van der Waals surface area contributed by atoms with Gasteiger partial charge in [-0.05, 0) is 36.4 Å². The van der Waals surface area contributed by atoms with E-state index in [9.17, 15) is 18.0 Å². The van der Waals surface area contributed by atoms with E-state index < -0.39 is 20.9 Å². The summed E-state index contributed by atoms with van der Waals surface area (Å²) in [7, 11) is -3.76. The molecule has 30 heavy (non-hydrogen) atoms. The molecule has 0 aliphatic rings. The summed E-state index contributed by atoms with van der Waals surface area (Å²) in [5, 5.41) is 4.54. The molecule has 0 saturated carbocycles. The molecule has 0 radical (unpaired) electrons. The Morgan fingerprint density at radius 2 is 1.97 bits per heavy atom. The number of anilines is 2. The molecule has 0 aliphatic heterocycles. The SMILES string of the molecule is O=C(COc1ccc2sc(=O)oc2c1)Nc1ccc(S(=O)(=O)Nc2nccs2)cc1. The van der Waals surface area contributed by atoms with Gasteiger partial charge in [-0.15, -0.1) is 11.3 Å². The van der Waals surface area contributed by atoms with Crippen LogP contribution in [0.3, 0.4) is 0 Å². The number of fused-ring (bicyclic) bond motifs is 1. The largest absolute Gasteiger partial charge is 0.484 e. The maximum atomic E-state index is 12.3. The lowest BCUT2D eigenvalue weighted by molar-refractivity contribution is -0.118. The van der Waals surface area contributed by atoms with Gasteiger partial charge in [0.2, 0.25) is 0 Å². The number of carbonyl (C=O) groups is 1. The summed E-state index contributed by atoms with van der Waals surface area (Å²) >= 11 is 2.15. The lowest BCUT2D eigenvalue weighted by atomic mass is 10.3. The normalized spacial score (nSPS) is 11.3. The fourth-order valence-corrected chi connectivity index (χ4v) is 4.89. The van der Waals surface area contributed by atoms with Gasteiger partial charge in [0.15, 0.2) is 17.3 Å². The van der Waals surface area contributed by atoms with Crippen LogP contribution in [0.15, 0.2) is 68.1 Å². The summed E-state index contributed by atoms with van der Waals surface area (Å²) in [5.41, 5.74) is 0.808. The van der Waals surface area contributed by atoms with Gasteiger partial charge < -0.3 is 14.5 Å². The van der Waals surface area contributed by atoms with E-state index in [1.54, 1.807) is 17.5 Å². The van der Waals surface area contributed by atoms with Crippen LogP contribution in [0.25, 0.3) is 10.3 Å². The lowest BCUT2D eigenvalue weighted by Gasteiger charge is -2.09. The molecular weight excluding hydrogens is 450 g/mol. The van der Waals surface area contributed by atoms with Crippen LogP contribution in [-0.4, -0.2) is 25.9 Å². The highest BCUT2D eigenvalue weighted by Gasteiger charge is 2.15. The number of carbonyl (C=O) groups excluding carboxylic acids is 1. The summed E-state index contributed by atoms with van der Waals surface area (Å²) in [6.07, 6.45) is 1.50. The fraction of sp³-hybridized carbons (Fsp3) is 0.0556. The second-order valence-electron chi connectivity index (χ2n) is 5.87. The molecule has 0 aliphatic carbocycles. The Balaban J connectivity index is 1.35. The van der Waals surface area contributed by atoms with Gasteiger partial charge in [-0.25, -0.2) is 18.2 Å². The van der Waals surface area contributed by atoms with Crippen LogP contribution < -0.4 is 19.7 Å². The molecule has 154 valence electrons. The van der Waals surface area contributed by atoms with E-state index in [2.05, 4.69) is 15.0 Å². The van der Waals surface area contributed by atoms with Gasteiger partial charge in [-0.2, -0.15) is 0 Å². The van der Waals surface area contributed by atoms with Crippen LogP contribution in [0.4, 0.5) is 10.8 Å². The highest BCUT2D eigenvalue weighted by molar-refractivity contribution is 7.93. The van der Waals surface area contributed by atoms with Crippen molar-refractivity contribution in [2.75, 3.05) is 16.6 Å². The monoisotopic (exact) mass is 463 g/mol. The van der Waals surface area contributed by atoms with Gasteiger partial charge in [-0.3, -0.25) is 9.52 Å². The van der Waals surface area contributed by atoms with E-state index in [0.717, 1.165) is 11.3 Å². The molecule has 0 saturated heterocycles. The minimum Gasteiger partial charge on any atom is -0.484 e. The molecule has 0 atom stereocenters. The maximum Gasteiger partial charge on any atom is 0.396 e. The number of thiazole rings is 1. The second kappa shape index (κ2) is 8.26. The summed E-state index contributed by atoms with van der Waals surface area (Å²) in [4.78, 5) is 26.9. The number of sulfonamides is 1. The molecular formula is C18H13N3O6S3. The second-order valence-corrected chi connectivity index (χ2v) is 9.42. The van der Waals surface area contributed by atoms with E-state index in [-0.39, 0.29) is 16.6 Å². The van der Waals surface area contributed by atoms with Crippen molar-refractivity contribution in [3.63, 3.8) is 0 Å². The smallest absolute Gasteiger partial charge is 0.396 e. The predicted molar refractivity (Wildman–Crippen MR) is 114 cm³/mol. The highest BCUT2D eigenvalue weighted by atomic mass is 32.2. The third kappa shape index (κ3) is 4.67. The summed E-state index contributed by atoms with van der Waals surface area (Å²) in [5.74, 6) is -0.0488. The molecule has 9 nitrogen and oxygen atoms in total. The van der Waals surface area contributed by atoms with Gasteiger partial charge in [0, 0.05) is 23.3 Å². The molecule has 12 heteroatoms. The fourth-order valence-electron chi connectivity index (χ4n) is 2.45. The molecule has 4 rings (SSSR count). The van der Waals surface area contributed by atoms with E-state index >= 15 is 0 Å². The van der Waals surface area contributed by atoms with Crippen molar-refractivity contribution in [1.29, 1.82) is 0 Å². The number of nitrogens with zero attached hydrogens (tertiary/aromatic N) is 1. The minimum atomic E-state index is -3.76. The molecule has 2 N–H and O–H groups in total. The Kier molecular flexibility index (Phi) is 5.53. The zero-order valence-corrected chi connectivity index (χ0v) is 17.5. The first-order chi connectivity index (χ1) is 14.4. The Hall–Kier alpha value is -3.22. The van der Waals surface area contributed by atoms with Crippen LogP contribution >= 0.6 is 22.7 Å². The van der Waals surface area contributed by atoms with Crippen molar-refractivity contribution in [1.82, 2.24) is 4.98 Å². The zero-order chi connectivity index (χ0) is 21.1. The van der Waals surface area contributed by atoms with E-state index in [4.69, 9.17) is 9.15 Å². The van der Waals surface area contributed by atoms with Crippen LogP contribution in [0.1, 0.15) is 0 Å². The van der Waals surface area contributed by atoms with Crippen molar-refractivity contribution in [2.45, 2.75) is 4.90 Å². The van der Waals surface area contributed by atoms with E-state index in [0.29, 0.717) is 21.7 Å². The van der Waals surface area contributed by atoms with Crippen LogP contribution in [0.2, 0.25) is 0 Å². The highest BCUT2D eigenvalue weighted by Crippen LogP contribution is 2.23. The van der Waals surface area contributed by atoms with Crippen molar-refractivity contribution in [3.05, 3.63) is 63.8 Å². The molecule has 4 aromatic rings. The predicted octanol–water partition coefficient (Wildman–Crippen LogP) is 3.13. The van der Waals surface area contributed by atoms with Gasteiger partial charge >= 0.3 is 4.94 Å². The molecule has 1 amide bonds. The molecule has 0 spiro atoms. The van der Waals surface area contributed by atoms with Crippen LogP contribution in [0.5, 0.6) is 5.75 Å². The van der Waals surface area contributed by atoms with E-state index in [1.165, 1.54) is 47.9 Å². The molecule has 2 aromatic carbocycles. The Morgan fingerprint density at radius 1 is 1.17 bits per heavy atom. The van der Waals surface area contributed by atoms with E-state index in [1.807, 2.05) is 0 Å². The Morgan fingerprint density at radius 3 is 2.70 bits per heavy atom. The standard InChI is InChI=1S/C18H13N3O6S3/c22-16(10-26-12-3-6-15-14(9-12)27-18(23)29-15)20-11-1-4-13(5-2-11)30(24,25)21-17-19-7-8-28-17/h1-9H,10H2,(H,19,21)(H,20,22). The average molecular weight is 464 g/mol. The first kappa shape index (κ1) is 20.1. The molecule has 0 bridgehead atoms. The van der Waals surface area contributed by atoms with Gasteiger partial charge in [0.25, 0.3) is 15.9 Å². The first-order valence-electron chi connectivity index (χ1n) is 8.38. The average Bonchev–Trinajstić information content (AvgIpc) is 3.34. The molecule has 2 aromatic heterocycles. The number of nitrogens with one attached hydrogen (secondary N) is 2. The first-order valence-corrected chi connectivity index (χ1v) is 11.6. The maximum absolute atomic E-state index is 12.3. The lowest BCUT2D eigenvalue weighted by Crippen LogP contribution is -2.20. The zero-order valence-electron chi connectivity index (χ0n) is 15.0. The number of hydrogen-bond donors (Lipinski definition) is 2. The summed E-state index contributed by atoms with van der Waals surface area (Å²) < 4.78 is 38.1. The van der Waals surface area contributed by atoms with Crippen molar-refractivity contribution >= 4 is 59.7 Å². The molecule has 0 unspecified atom stereocenters. The number of amides is 1. The van der Waals surface area contributed by atoms with Crippen LogP contribution in [0, 0.1) is 0 Å². The molecule has 0 fully saturated rings. The van der Waals surface area contributed by atoms with Crippen molar-refractivity contribution < 1.29 is 22.4 Å². The van der Waals surface area contributed by atoms with Crippen LogP contribution in [-0.2, 0) is 14.8 Å². The van der Waals surface area contributed by atoms with Crippen molar-refractivity contribution in [3.8, 4) is 5.75 Å². The number of hydrogen-bond acceptors (Lipinski definition) is 9. The third-order valence-electron chi connectivity index (χ3n) is 3.77. The Labute approximate surface area is 178 Å². The Bertz CT molecular complexity index is 1340. The number of ether oxygens (including phenoxy) is 1. The van der Waals surface area contributed by atoms with Gasteiger partial charge in [-0.1, -0.05) is 11.3 Å². The minimum absolute atomic E-state index is 0.0394. The summed E-state index contributed by atoms with van der Waals surface area (Å²) in [6.45, 7) is -0.272. The third-order valence-corrected chi connectivity index (χ3v) is 6.75. The number of aromatic nitrogens is 1. The topological polar surface area (TPSA) is 128 Å². The summed E-state index contributed by atoms with van der Waals surface area (Å²) in [6, 6.07) is 10.5. The number of benzene rings is 2.